The van der Waals surface area contributed by atoms with Crippen molar-refractivity contribution in [3.05, 3.63) is 70.2 Å². The van der Waals surface area contributed by atoms with Gasteiger partial charge in [-0.2, -0.15) is 5.10 Å². The highest BCUT2D eigenvalue weighted by atomic mass is 32.1. The SMILES string of the molecule is O=C(Nc1cnn(Cc2ccccc2)c1)c1sccc1C1CC1. The molecule has 3 aromatic rings. The fourth-order valence-corrected chi connectivity index (χ4v) is 3.57. The number of anilines is 1. The van der Waals surface area contributed by atoms with Crippen LogP contribution in [0.2, 0.25) is 0 Å². The number of carbonyl (C=O) groups excluding carboxylic acids is 1. The van der Waals surface area contributed by atoms with Crippen LogP contribution in [-0.2, 0) is 6.54 Å². The lowest BCUT2D eigenvalue weighted by molar-refractivity contribution is 0.102. The minimum Gasteiger partial charge on any atom is -0.319 e. The summed E-state index contributed by atoms with van der Waals surface area (Å²) in [6.07, 6.45) is 5.97. The second-order valence-corrected chi connectivity index (χ2v) is 6.76. The van der Waals surface area contributed by atoms with Gasteiger partial charge in [0.1, 0.15) is 0 Å². The number of carbonyl (C=O) groups is 1. The van der Waals surface area contributed by atoms with E-state index in [4.69, 9.17) is 0 Å². The van der Waals surface area contributed by atoms with Gasteiger partial charge in [0.25, 0.3) is 5.91 Å². The van der Waals surface area contributed by atoms with Gasteiger partial charge in [-0.1, -0.05) is 30.3 Å². The van der Waals surface area contributed by atoms with Crippen LogP contribution in [0.15, 0.2) is 54.2 Å². The van der Waals surface area contributed by atoms with Gasteiger partial charge in [-0.15, -0.1) is 11.3 Å². The summed E-state index contributed by atoms with van der Waals surface area (Å²) in [5.74, 6) is 0.559. The van der Waals surface area contributed by atoms with Gasteiger partial charge in [0.05, 0.1) is 23.3 Å². The Morgan fingerprint density at radius 2 is 2.09 bits per heavy atom. The van der Waals surface area contributed by atoms with Crippen molar-refractivity contribution in [2.24, 2.45) is 0 Å². The molecule has 1 amide bonds. The van der Waals surface area contributed by atoms with Gasteiger partial charge in [0.2, 0.25) is 0 Å². The number of benzene rings is 1. The summed E-state index contributed by atoms with van der Waals surface area (Å²) in [6.45, 7) is 0.697. The van der Waals surface area contributed by atoms with Gasteiger partial charge in [-0.3, -0.25) is 9.48 Å². The number of nitrogens with zero attached hydrogens (tertiary/aromatic N) is 2. The molecule has 5 heteroatoms. The van der Waals surface area contributed by atoms with Crippen molar-refractivity contribution in [1.29, 1.82) is 0 Å². The maximum absolute atomic E-state index is 12.5. The first-order chi connectivity index (χ1) is 11.3. The number of thiophene rings is 1. The van der Waals surface area contributed by atoms with Gasteiger partial charge >= 0.3 is 0 Å². The molecule has 1 N–H and O–H groups in total. The van der Waals surface area contributed by atoms with Crippen LogP contribution in [0, 0.1) is 0 Å². The molecule has 0 saturated heterocycles. The van der Waals surface area contributed by atoms with Gasteiger partial charge in [0.15, 0.2) is 0 Å². The number of rotatable bonds is 5. The van der Waals surface area contributed by atoms with E-state index < -0.39 is 0 Å². The van der Waals surface area contributed by atoms with Crippen molar-refractivity contribution in [2.45, 2.75) is 25.3 Å². The average molecular weight is 323 g/mol. The number of aromatic nitrogens is 2. The molecule has 1 aliphatic rings. The summed E-state index contributed by atoms with van der Waals surface area (Å²) in [6, 6.07) is 12.2. The highest BCUT2D eigenvalue weighted by Crippen LogP contribution is 2.43. The van der Waals surface area contributed by atoms with Crippen molar-refractivity contribution in [2.75, 3.05) is 5.32 Å². The third-order valence-corrected chi connectivity index (χ3v) is 4.93. The highest BCUT2D eigenvalue weighted by Gasteiger charge is 2.29. The van der Waals surface area contributed by atoms with Crippen molar-refractivity contribution < 1.29 is 4.79 Å². The van der Waals surface area contributed by atoms with Crippen LogP contribution in [-0.4, -0.2) is 15.7 Å². The first-order valence-electron chi connectivity index (χ1n) is 7.75. The minimum absolute atomic E-state index is 0.0267. The molecule has 0 atom stereocenters. The molecule has 0 bridgehead atoms. The van der Waals surface area contributed by atoms with Gasteiger partial charge < -0.3 is 5.32 Å². The summed E-state index contributed by atoms with van der Waals surface area (Å²) in [7, 11) is 0. The van der Waals surface area contributed by atoms with Crippen LogP contribution >= 0.6 is 11.3 Å². The smallest absolute Gasteiger partial charge is 0.266 e. The predicted octanol–water partition coefficient (Wildman–Crippen LogP) is 4.12. The average Bonchev–Trinajstić information content (AvgIpc) is 3.12. The normalized spacial score (nSPS) is 13.9. The molecule has 116 valence electrons. The Morgan fingerprint density at radius 3 is 2.87 bits per heavy atom. The second kappa shape index (κ2) is 6.01. The van der Waals surface area contributed by atoms with Crippen LogP contribution < -0.4 is 5.32 Å². The van der Waals surface area contributed by atoms with Gasteiger partial charge in [0, 0.05) is 6.20 Å². The van der Waals surface area contributed by atoms with Gasteiger partial charge in [-0.25, -0.2) is 0 Å². The van der Waals surface area contributed by atoms with E-state index in [1.165, 1.54) is 35.3 Å². The number of hydrogen-bond donors (Lipinski definition) is 1. The van der Waals surface area contributed by atoms with Crippen LogP contribution in [0.25, 0.3) is 0 Å². The van der Waals surface area contributed by atoms with Crippen molar-refractivity contribution in [3.8, 4) is 0 Å². The summed E-state index contributed by atoms with van der Waals surface area (Å²) >= 11 is 1.52. The number of amides is 1. The van der Waals surface area contributed by atoms with E-state index in [2.05, 4.69) is 28.6 Å². The molecule has 4 rings (SSSR count). The van der Waals surface area contributed by atoms with Gasteiger partial charge in [-0.05, 0) is 41.3 Å². The van der Waals surface area contributed by atoms with E-state index in [0.717, 1.165) is 10.6 Å². The van der Waals surface area contributed by atoms with Crippen molar-refractivity contribution in [1.82, 2.24) is 9.78 Å². The Morgan fingerprint density at radius 1 is 1.26 bits per heavy atom. The third kappa shape index (κ3) is 3.19. The lowest BCUT2D eigenvalue weighted by atomic mass is 10.1. The van der Waals surface area contributed by atoms with Crippen molar-refractivity contribution >= 4 is 22.9 Å². The lowest BCUT2D eigenvalue weighted by Gasteiger charge is -2.03. The fraction of sp³-hybridized carbons (Fsp3) is 0.222. The molecule has 0 unspecified atom stereocenters. The molecule has 1 saturated carbocycles. The number of hydrogen-bond acceptors (Lipinski definition) is 3. The zero-order chi connectivity index (χ0) is 15.6. The van der Waals surface area contributed by atoms with E-state index in [9.17, 15) is 4.79 Å². The lowest BCUT2D eigenvalue weighted by Crippen LogP contribution is -2.11. The summed E-state index contributed by atoms with van der Waals surface area (Å²) in [5, 5.41) is 9.28. The van der Waals surface area contributed by atoms with E-state index in [0.29, 0.717) is 12.5 Å². The van der Waals surface area contributed by atoms with E-state index in [-0.39, 0.29) is 5.91 Å². The van der Waals surface area contributed by atoms with Crippen LogP contribution in [0.5, 0.6) is 0 Å². The third-order valence-electron chi connectivity index (χ3n) is 4.00. The minimum atomic E-state index is -0.0267. The standard InChI is InChI=1S/C18H17N3OS/c22-18(17-16(8-9-23-17)14-6-7-14)20-15-10-19-21(12-15)11-13-4-2-1-3-5-13/h1-5,8-10,12,14H,6-7,11H2,(H,20,22). The molecule has 23 heavy (non-hydrogen) atoms. The zero-order valence-electron chi connectivity index (χ0n) is 12.6. The zero-order valence-corrected chi connectivity index (χ0v) is 13.4. The first kappa shape index (κ1) is 14.2. The number of nitrogens with one attached hydrogen (secondary N) is 1. The summed E-state index contributed by atoms with van der Waals surface area (Å²) in [4.78, 5) is 13.3. The topological polar surface area (TPSA) is 46.9 Å². The summed E-state index contributed by atoms with van der Waals surface area (Å²) < 4.78 is 1.83. The molecule has 2 heterocycles. The Balaban J connectivity index is 1.45. The summed E-state index contributed by atoms with van der Waals surface area (Å²) in [5.41, 5.74) is 3.12. The Hall–Kier alpha value is -2.40. The highest BCUT2D eigenvalue weighted by molar-refractivity contribution is 7.12. The Labute approximate surface area is 138 Å². The maximum atomic E-state index is 12.5. The Kier molecular flexibility index (Phi) is 3.71. The van der Waals surface area contributed by atoms with Crippen LogP contribution in [0.3, 0.4) is 0 Å². The van der Waals surface area contributed by atoms with E-state index >= 15 is 0 Å². The van der Waals surface area contributed by atoms with Crippen molar-refractivity contribution in [3.63, 3.8) is 0 Å². The second-order valence-electron chi connectivity index (χ2n) is 5.85. The fourth-order valence-electron chi connectivity index (χ4n) is 2.69. The largest absolute Gasteiger partial charge is 0.319 e. The van der Waals surface area contributed by atoms with E-state index in [1.807, 2.05) is 34.5 Å². The molecule has 1 aromatic carbocycles. The molecule has 0 aliphatic heterocycles. The van der Waals surface area contributed by atoms with Crippen LogP contribution in [0.4, 0.5) is 5.69 Å². The molecule has 1 aliphatic carbocycles. The molecule has 0 spiro atoms. The van der Waals surface area contributed by atoms with Crippen LogP contribution in [0.1, 0.15) is 39.6 Å². The molecule has 4 nitrogen and oxygen atoms in total. The molecular formula is C18H17N3OS. The maximum Gasteiger partial charge on any atom is 0.266 e. The Bertz CT molecular complexity index is 818. The molecule has 2 aromatic heterocycles. The first-order valence-corrected chi connectivity index (χ1v) is 8.62. The molecule has 1 fully saturated rings. The monoisotopic (exact) mass is 323 g/mol. The quantitative estimate of drug-likeness (QED) is 0.767. The van der Waals surface area contributed by atoms with E-state index in [1.54, 1.807) is 6.20 Å². The molecule has 0 radical (unpaired) electrons. The predicted molar refractivity (Wildman–Crippen MR) is 92.0 cm³/mol. The molecular weight excluding hydrogens is 306 g/mol.